The normalized spacial score (nSPS) is 12.5. The molecule has 1 N–H and O–H groups in total. The molecule has 0 bridgehead atoms. The molecule has 0 saturated carbocycles. The van der Waals surface area contributed by atoms with Crippen molar-refractivity contribution >= 4 is 23.2 Å². The molecule has 0 fully saturated rings. The third-order valence-corrected chi connectivity index (χ3v) is 2.67. The van der Waals surface area contributed by atoms with Crippen molar-refractivity contribution in [2.45, 2.75) is 13.0 Å². The minimum absolute atomic E-state index is 0.0329. The van der Waals surface area contributed by atoms with Crippen LogP contribution in [0.25, 0.3) is 0 Å². The van der Waals surface area contributed by atoms with E-state index in [9.17, 15) is 0 Å². The second-order valence-electron chi connectivity index (χ2n) is 3.70. The molecule has 0 spiro atoms. The predicted octanol–water partition coefficient (Wildman–Crippen LogP) is 3.00. The molecular weight excluding hydrogens is 261 g/mol. The van der Waals surface area contributed by atoms with E-state index in [1.165, 1.54) is 0 Å². The molecule has 0 radical (unpaired) electrons. The van der Waals surface area contributed by atoms with Crippen LogP contribution < -0.4 is 10.1 Å². The number of benzene rings is 1. The highest BCUT2D eigenvalue weighted by molar-refractivity contribution is 6.35. The Balaban J connectivity index is 2.37. The smallest absolute Gasteiger partial charge is 0.138 e. The zero-order chi connectivity index (χ0) is 12.7. The first-order valence-corrected chi connectivity index (χ1v) is 6.20. The third kappa shape index (κ3) is 5.59. The van der Waals surface area contributed by atoms with Gasteiger partial charge in [-0.25, -0.2) is 0 Å². The van der Waals surface area contributed by atoms with Crippen molar-refractivity contribution in [2.24, 2.45) is 0 Å². The maximum Gasteiger partial charge on any atom is 0.138 e. The zero-order valence-electron chi connectivity index (χ0n) is 10.0. The van der Waals surface area contributed by atoms with E-state index in [1.807, 2.05) is 6.92 Å². The lowest BCUT2D eigenvalue weighted by Crippen LogP contribution is -2.31. The lowest BCUT2D eigenvalue weighted by atomic mass is 10.3. The molecule has 1 atom stereocenters. The lowest BCUT2D eigenvalue weighted by Gasteiger charge is -2.16. The molecule has 3 nitrogen and oxygen atoms in total. The summed E-state index contributed by atoms with van der Waals surface area (Å²) in [7, 11) is 1.68. The summed E-state index contributed by atoms with van der Waals surface area (Å²) in [5.74, 6) is 0.650. The minimum atomic E-state index is 0.0329. The molecule has 0 amide bonds. The first kappa shape index (κ1) is 14.6. The van der Waals surface area contributed by atoms with Gasteiger partial charge in [0, 0.05) is 25.2 Å². The number of hydrogen-bond donors (Lipinski definition) is 1. The van der Waals surface area contributed by atoms with E-state index in [0.29, 0.717) is 22.4 Å². The summed E-state index contributed by atoms with van der Waals surface area (Å²) >= 11 is 11.8. The van der Waals surface area contributed by atoms with Gasteiger partial charge in [-0.2, -0.15) is 0 Å². The molecule has 96 valence electrons. The number of ether oxygens (including phenoxy) is 2. The summed E-state index contributed by atoms with van der Waals surface area (Å²) in [6.45, 7) is 4.21. The van der Waals surface area contributed by atoms with Gasteiger partial charge in [-0.3, -0.25) is 0 Å². The lowest BCUT2D eigenvalue weighted by molar-refractivity contribution is 0.184. The molecule has 1 aromatic carbocycles. The van der Waals surface area contributed by atoms with Crippen LogP contribution >= 0.6 is 23.2 Å². The Morgan fingerprint density at radius 3 is 2.76 bits per heavy atom. The highest BCUT2D eigenvalue weighted by atomic mass is 35.5. The van der Waals surface area contributed by atoms with Crippen molar-refractivity contribution in [1.29, 1.82) is 0 Å². The van der Waals surface area contributed by atoms with Crippen molar-refractivity contribution in [3.63, 3.8) is 0 Å². The van der Waals surface area contributed by atoms with E-state index in [0.717, 1.165) is 13.1 Å². The third-order valence-electron chi connectivity index (χ3n) is 2.14. The van der Waals surface area contributed by atoms with Crippen LogP contribution in [0, 0.1) is 0 Å². The van der Waals surface area contributed by atoms with Gasteiger partial charge in [0.05, 0.1) is 11.6 Å². The number of methoxy groups -OCH3 is 1. The fourth-order valence-electron chi connectivity index (χ4n) is 1.31. The van der Waals surface area contributed by atoms with Gasteiger partial charge < -0.3 is 14.8 Å². The molecule has 0 aromatic heterocycles. The zero-order valence-corrected chi connectivity index (χ0v) is 11.5. The van der Waals surface area contributed by atoms with E-state index in [2.05, 4.69) is 5.32 Å². The van der Waals surface area contributed by atoms with Crippen LogP contribution in [0.5, 0.6) is 5.75 Å². The van der Waals surface area contributed by atoms with Crippen LogP contribution in [0.3, 0.4) is 0 Å². The second kappa shape index (κ2) is 7.77. The maximum atomic E-state index is 6.01. The van der Waals surface area contributed by atoms with E-state index >= 15 is 0 Å². The Bertz CT molecular complexity index is 347. The molecule has 1 rings (SSSR count). The quantitative estimate of drug-likeness (QED) is 0.778. The molecule has 0 heterocycles. The Hall–Kier alpha value is -0.480. The van der Waals surface area contributed by atoms with Crippen molar-refractivity contribution < 1.29 is 9.47 Å². The highest BCUT2D eigenvalue weighted by Crippen LogP contribution is 2.28. The minimum Gasteiger partial charge on any atom is -0.488 e. The summed E-state index contributed by atoms with van der Waals surface area (Å²) in [4.78, 5) is 0. The molecule has 0 aliphatic carbocycles. The van der Waals surface area contributed by atoms with Gasteiger partial charge in [-0.1, -0.05) is 23.2 Å². The van der Waals surface area contributed by atoms with Gasteiger partial charge in [0.25, 0.3) is 0 Å². The Morgan fingerprint density at radius 1 is 1.35 bits per heavy atom. The summed E-state index contributed by atoms with van der Waals surface area (Å²) < 4.78 is 10.6. The van der Waals surface area contributed by atoms with Gasteiger partial charge in [-0.05, 0) is 25.1 Å². The van der Waals surface area contributed by atoms with E-state index in [4.69, 9.17) is 32.7 Å². The van der Waals surface area contributed by atoms with Gasteiger partial charge >= 0.3 is 0 Å². The molecule has 5 heteroatoms. The number of hydrogen-bond acceptors (Lipinski definition) is 3. The van der Waals surface area contributed by atoms with Crippen LogP contribution in [-0.4, -0.2) is 32.9 Å². The first-order valence-electron chi connectivity index (χ1n) is 5.45. The average Bonchev–Trinajstić information content (AvgIpc) is 2.28. The van der Waals surface area contributed by atoms with Gasteiger partial charge in [-0.15, -0.1) is 0 Å². The van der Waals surface area contributed by atoms with Crippen molar-refractivity contribution in [3.05, 3.63) is 28.2 Å². The molecule has 0 saturated heterocycles. The monoisotopic (exact) mass is 277 g/mol. The predicted molar refractivity (Wildman–Crippen MR) is 71.3 cm³/mol. The number of nitrogens with one attached hydrogen (secondary N) is 1. The molecule has 17 heavy (non-hydrogen) atoms. The fourth-order valence-corrected chi connectivity index (χ4v) is 1.76. The van der Waals surface area contributed by atoms with Crippen molar-refractivity contribution in [2.75, 3.05) is 26.8 Å². The number of halogens is 2. The van der Waals surface area contributed by atoms with Crippen LogP contribution in [0.1, 0.15) is 6.92 Å². The SMILES string of the molecule is COCCNC[C@@H](C)Oc1ccc(Cl)cc1Cl. The molecule has 0 aliphatic rings. The van der Waals surface area contributed by atoms with Crippen LogP contribution in [-0.2, 0) is 4.74 Å². The van der Waals surface area contributed by atoms with E-state index < -0.39 is 0 Å². The fraction of sp³-hybridized carbons (Fsp3) is 0.500. The Kier molecular flexibility index (Phi) is 6.66. The molecule has 0 aliphatic heterocycles. The summed E-state index contributed by atoms with van der Waals surface area (Å²) in [6, 6.07) is 5.20. The van der Waals surface area contributed by atoms with Crippen molar-refractivity contribution in [1.82, 2.24) is 5.32 Å². The van der Waals surface area contributed by atoms with Gasteiger partial charge in [0.1, 0.15) is 11.9 Å². The highest BCUT2D eigenvalue weighted by Gasteiger charge is 2.07. The largest absolute Gasteiger partial charge is 0.488 e. The van der Waals surface area contributed by atoms with E-state index in [-0.39, 0.29) is 6.10 Å². The number of rotatable bonds is 7. The van der Waals surface area contributed by atoms with Crippen LogP contribution in [0.2, 0.25) is 10.0 Å². The molecular formula is C12H17Cl2NO2. The Labute approximate surface area is 112 Å². The summed E-state index contributed by atoms with van der Waals surface area (Å²) in [6.07, 6.45) is 0.0329. The first-order chi connectivity index (χ1) is 8.13. The van der Waals surface area contributed by atoms with Crippen LogP contribution in [0.15, 0.2) is 18.2 Å². The van der Waals surface area contributed by atoms with Gasteiger partial charge in [0.2, 0.25) is 0 Å². The van der Waals surface area contributed by atoms with Gasteiger partial charge in [0.15, 0.2) is 0 Å². The summed E-state index contributed by atoms with van der Waals surface area (Å²) in [5.41, 5.74) is 0. The van der Waals surface area contributed by atoms with Crippen molar-refractivity contribution in [3.8, 4) is 5.75 Å². The Morgan fingerprint density at radius 2 is 2.12 bits per heavy atom. The maximum absolute atomic E-state index is 6.01. The standard InChI is InChI=1S/C12H17Cl2NO2/c1-9(8-15-5-6-16-2)17-12-4-3-10(13)7-11(12)14/h3-4,7,9,15H,5-6,8H2,1-2H3/t9-/m1/s1. The molecule has 1 aromatic rings. The average molecular weight is 278 g/mol. The summed E-state index contributed by atoms with van der Waals surface area (Å²) in [5, 5.41) is 4.35. The topological polar surface area (TPSA) is 30.5 Å². The molecule has 0 unspecified atom stereocenters. The van der Waals surface area contributed by atoms with Crippen LogP contribution in [0.4, 0.5) is 0 Å². The second-order valence-corrected chi connectivity index (χ2v) is 4.54. The van der Waals surface area contributed by atoms with E-state index in [1.54, 1.807) is 25.3 Å².